The van der Waals surface area contributed by atoms with Gasteiger partial charge in [0.2, 0.25) is 0 Å². The number of rotatable bonds is 7. The van der Waals surface area contributed by atoms with Crippen LogP contribution in [0.2, 0.25) is 4.34 Å². The first kappa shape index (κ1) is 16.1. The first-order valence-corrected chi connectivity index (χ1v) is 8.00. The average Bonchev–Trinajstić information content (AvgIpc) is 2.90. The molecule has 2 rings (SSSR count). The molecule has 0 aliphatic rings. The minimum atomic E-state index is 0.365. The van der Waals surface area contributed by atoms with Gasteiger partial charge in [0, 0.05) is 17.5 Å². The summed E-state index contributed by atoms with van der Waals surface area (Å²) >= 11 is 7.55. The predicted molar refractivity (Wildman–Crippen MR) is 88.9 cm³/mol. The molecule has 0 radical (unpaired) electrons. The van der Waals surface area contributed by atoms with Gasteiger partial charge in [-0.15, -0.1) is 11.3 Å². The number of thiophene rings is 1. The summed E-state index contributed by atoms with van der Waals surface area (Å²) in [5.74, 6) is 1.53. The first-order chi connectivity index (χ1) is 10.1. The van der Waals surface area contributed by atoms with Crippen LogP contribution in [0.4, 0.5) is 0 Å². The molecule has 0 aliphatic heterocycles. The fourth-order valence-electron chi connectivity index (χ4n) is 2.15. The summed E-state index contributed by atoms with van der Waals surface area (Å²) in [4.78, 5) is 1.25. The lowest BCUT2D eigenvalue weighted by Gasteiger charge is -2.15. The summed E-state index contributed by atoms with van der Waals surface area (Å²) in [5, 5.41) is 3.51. The van der Waals surface area contributed by atoms with E-state index in [9.17, 15) is 0 Å². The van der Waals surface area contributed by atoms with Crippen molar-refractivity contribution in [3.05, 3.63) is 45.1 Å². The third-order valence-electron chi connectivity index (χ3n) is 3.24. The fraction of sp³-hybridized carbons (Fsp3) is 0.375. The zero-order valence-corrected chi connectivity index (χ0v) is 14.1. The average molecular weight is 326 g/mol. The molecule has 1 aromatic heterocycles. The summed E-state index contributed by atoms with van der Waals surface area (Å²) in [6.07, 6.45) is 0.930. The van der Waals surface area contributed by atoms with Gasteiger partial charge in [-0.1, -0.05) is 17.7 Å². The molecule has 1 atom stereocenters. The Bertz CT molecular complexity index is 585. The van der Waals surface area contributed by atoms with Crippen molar-refractivity contribution in [2.45, 2.75) is 25.9 Å². The Balaban J connectivity index is 1.91. The molecule has 1 aromatic carbocycles. The molecule has 114 valence electrons. The molecule has 1 N–H and O–H groups in total. The van der Waals surface area contributed by atoms with Gasteiger partial charge in [0.15, 0.2) is 11.5 Å². The summed E-state index contributed by atoms with van der Waals surface area (Å²) < 4.78 is 11.4. The molecular weight excluding hydrogens is 306 g/mol. The Morgan fingerprint density at radius 1 is 1.14 bits per heavy atom. The van der Waals surface area contributed by atoms with Crippen LogP contribution in [0.15, 0.2) is 30.3 Å². The minimum Gasteiger partial charge on any atom is -0.493 e. The molecule has 3 nitrogen and oxygen atoms in total. The molecule has 5 heteroatoms. The highest BCUT2D eigenvalue weighted by Crippen LogP contribution is 2.28. The van der Waals surface area contributed by atoms with E-state index in [4.69, 9.17) is 21.1 Å². The van der Waals surface area contributed by atoms with Crippen molar-refractivity contribution in [2.24, 2.45) is 0 Å². The van der Waals surface area contributed by atoms with Crippen LogP contribution in [-0.4, -0.2) is 20.3 Å². The largest absolute Gasteiger partial charge is 0.493 e. The highest BCUT2D eigenvalue weighted by molar-refractivity contribution is 7.16. The number of hydrogen-bond donors (Lipinski definition) is 1. The fourth-order valence-corrected chi connectivity index (χ4v) is 3.19. The van der Waals surface area contributed by atoms with E-state index in [1.165, 1.54) is 10.4 Å². The van der Waals surface area contributed by atoms with Crippen molar-refractivity contribution in [3.63, 3.8) is 0 Å². The van der Waals surface area contributed by atoms with Gasteiger partial charge < -0.3 is 14.8 Å². The van der Waals surface area contributed by atoms with Gasteiger partial charge in [-0.25, -0.2) is 0 Å². The Labute approximate surface area is 134 Å². The van der Waals surface area contributed by atoms with Crippen molar-refractivity contribution >= 4 is 22.9 Å². The van der Waals surface area contributed by atoms with E-state index in [1.807, 2.05) is 18.2 Å². The lowest BCUT2D eigenvalue weighted by molar-refractivity contribution is 0.354. The SMILES string of the molecule is COc1ccc(CC(C)NCc2ccc(Cl)s2)cc1OC. The summed E-state index contributed by atoms with van der Waals surface area (Å²) in [7, 11) is 3.30. The minimum absolute atomic E-state index is 0.365. The molecule has 0 saturated carbocycles. The molecule has 0 amide bonds. The van der Waals surface area contributed by atoms with Crippen LogP contribution >= 0.6 is 22.9 Å². The molecule has 0 spiro atoms. The molecule has 0 aliphatic carbocycles. The van der Waals surface area contributed by atoms with Crippen molar-refractivity contribution in [1.29, 1.82) is 0 Å². The zero-order valence-electron chi connectivity index (χ0n) is 12.5. The van der Waals surface area contributed by atoms with E-state index in [2.05, 4.69) is 24.4 Å². The van der Waals surface area contributed by atoms with Gasteiger partial charge in [0.1, 0.15) is 0 Å². The quantitative estimate of drug-likeness (QED) is 0.830. The Morgan fingerprint density at radius 3 is 2.52 bits per heavy atom. The third kappa shape index (κ3) is 4.63. The predicted octanol–water partition coefficient (Wildman–Crippen LogP) is 4.14. The first-order valence-electron chi connectivity index (χ1n) is 6.81. The number of halogens is 1. The molecular formula is C16H20ClNO2S. The van der Waals surface area contributed by atoms with Crippen LogP contribution < -0.4 is 14.8 Å². The van der Waals surface area contributed by atoms with Gasteiger partial charge in [0.05, 0.1) is 18.6 Å². The van der Waals surface area contributed by atoms with Gasteiger partial charge in [-0.05, 0) is 43.2 Å². The van der Waals surface area contributed by atoms with Crippen LogP contribution in [0.5, 0.6) is 11.5 Å². The molecule has 0 fully saturated rings. The lowest BCUT2D eigenvalue weighted by atomic mass is 10.1. The standard InChI is InChI=1S/C16H20ClNO2S/c1-11(18-10-13-5-7-16(17)21-13)8-12-4-6-14(19-2)15(9-12)20-3/h4-7,9,11,18H,8,10H2,1-3H3. The summed E-state index contributed by atoms with van der Waals surface area (Å²) in [5.41, 5.74) is 1.22. The van der Waals surface area contributed by atoms with E-state index in [1.54, 1.807) is 25.6 Å². The van der Waals surface area contributed by atoms with Crippen LogP contribution in [0.25, 0.3) is 0 Å². The van der Waals surface area contributed by atoms with Crippen LogP contribution in [0, 0.1) is 0 Å². The van der Waals surface area contributed by atoms with Crippen molar-refractivity contribution in [1.82, 2.24) is 5.32 Å². The highest BCUT2D eigenvalue weighted by atomic mass is 35.5. The zero-order chi connectivity index (χ0) is 15.2. The second-order valence-electron chi connectivity index (χ2n) is 4.88. The monoisotopic (exact) mass is 325 g/mol. The number of ether oxygens (including phenoxy) is 2. The third-order valence-corrected chi connectivity index (χ3v) is 4.47. The van der Waals surface area contributed by atoms with E-state index < -0.39 is 0 Å². The van der Waals surface area contributed by atoms with E-state index in [0.717, 1.165) is 28.8 Å². The summed E-state index contributed by atoms with van der Waals surface area (Å²) in [6, 6.07) is 10.4. The van der Waals surface area contributed by atoms with Crippen molar-refractivity contribution < 1.29 is 9.47 Å². The van der Waals surface area contributed by atoms with E-state index in [-0.39, 0.29) is 0 Å². The van der Waals surface area contributed by atoms with Crippen LogP contribution in [0.1, 0.15) is 17.4 Å². The second kappa shape index (κ2) is 7.69. The van der Waals surface area contributed by atoms with Gasteiger partial charge in [0.25, 0.3) is 0 Å². The normalized spacial score (nSPS) is 12.2. The second-order valence-corrected chi connectivity index (χ2v) is 6.68. The smallest absolute Gasteiger partial charge is 0.160 e. The van der Waals surface area contributed by atoms with Crippen molar-refractivity contribution in [3.8, 4) is 11.5 Å². The van der Waals surface area contributed by atoms with Crippen LogP contribution in [0.3, 0.4) is 0 Å². The van der Waals surface area contributed by atoms with Crippen LogP contribution in [-0.2, 0) is 13.0 Å². The number of hydrogen-bond acceptors (Lipinski definition) is 4. The van der Waals surface area contributed by atoms with Gasteiger partial charge in [-0.2, -0.15) is 0 Å². The number of methoxy groups -OCH3 is 2. The number of nitrogens with one attached hydrogen (secondary N) is 1. The Kier molecular flexibility index (Phi) is 5.91. The maximum absolute atomic E-state index is 5.93. The number of benzene rings is 1. The molecule has 2 aromatic rings. The molecule has 0 saturated heterocycles. The van der Waals surface area contributed by atoms with E-state index >= 15 is 0 Å². The molecule has 21 heavy (non-hydrogen) atoms. The maximum Gasteiger partial charge on any atom is 0.160 e. The lowest BCUT2D eigenvalue weighted by Crippen LogP contribution is -2.27. The van der Waals surface area contributed by atoms with Gasteiger partial charge in [-0.3, -0.25) is 0 Å². The Morgan fingerprint density at radius 2 is 1.90 bits per heavy atom. The Hall–Kier alpha value is -1.23. The molecule has 1 heterocycles. The van der Waals surface area contributed by atoms with Crippen molar-refractivity contribution in [2.75, 3.05) is 14.2 Å². The maximum atomic E-state index is 5.93. The molecule has 1 unspecified atom stereocenters. The van der Waals surface area contributed by atoms with Gasteiger partial charge >= 0.3 is 0 Å². The van der Waals surface area contributed by atoms with E-state index in [0.29, 0.717) is 6.04 Å². The molecule has 0 bridgehead atoms. The topological polar surface area (TPSA) is 30.5 Å². The highest BCUT2D eigenvalue weighted by Gasteiger charge is 2.08. The summed E-state index contributed by atoms with van der Waals surface area (Å²) in [6.45, 7) is 3.01.